The Bertz CT molecular complexity index is 1040. The minimum atomic E-state index is -0.132. The van der Waals surface area contributed by atoms with Gasteiger partial charge >= 0.3 is 0 Å². The van der Waals surface area contributed by atoms with Gasteiger partial charge in [-0.2, -0.15) is 5.26 Å². The highest BCUT2D eigenvalue weighted by molar-refractivity contribution is 5.52. The highest BCUT2D eigenvalue weighted by Crippen LogP contribution is 2.20. The number of hydrogen-bond acceptors (Lipinski definition) is 6. The van der Waals surface area contributed by atoms with Crippen LogP contribution in [0, 0.1) is 11.3 Å². The second-order valence-electron chi connectivity index (χ2n) is 6.20. The first-order valence-corrected chi connectivity index (χ1v) is 8.32. The molecule has 4 rings (SSSR count). The zero-order valence-electron chi connectivity index (χ0n) is 14.0. The van der Waals surface area contributed by atoms with Crippen LogP contribution >= 0.6 is 0 Å². The molecule has 2 aromatic heterocycles. The van der Waals surface area contributed by atoms with Gasteiger partial charge in [-0.05, 0) is 11.6 Å². The van der Waals surface area contributed by atoms with Crippen LogP contribution in [0.5, 0.6) is 0 Å². The lowest BCUT2D eigenvalue weighted by atomic mass is 10.0. The summed E-state index contributed by atoms with van der Waals surface area (Å²) in [6, 6.07) is 9.78. The molecule has 1 aromatic carbocycles. The molecule has 1 aliphatic rings. The molecule has 3 heterocycles. The van der Waals surface area contributed by atoms with E-state index < -0.39 is 0 Å². The molecular weight excluding hydrogens is 328 g/mol. The number of nitrogens with zero attached hydrogens (tertiary/aromatic N) is 5. The van der Waals surface area contributed by atoms with E-state index >= 15 is 0 Å². The Morgan fingerprint density at radius 2 is 2.04 bits per heavy atom. The fourth-order valence-corrected chi connectivity index (χ4v) is 3.18. The number of aromatic amines is 1. The van der Waals surface area contributed by atoms with E-state index in [0.29, 0.717) is 42.0 Å². The topological polar surface area (TPSA) is 98.6 Å². The van der Waals surface area contributed by atoms with E-state index in [1.807, 2.05) is 24.3 Å². The molecule has 3 aromatic rings. The summed E-state index contributed by atoms with van der Waals surface area (Å²) in [4.78, 5) is 30.1. The number of hydrogen-bond donors (Lipinski definition) is 1. The summed E-state index contributed by atoms with van der Waals surface area (Å²) in [5, 5.41) is 9.24. The average molecular weight is 344 g/mol. The van der Waals surface area contributed by atoms with Gasteiger partial charge in [-0.3, -0.25) is 9.69 Å². The molecule has 128 valence electrons. The van der Waals surface area contributed by atoms with Gasteiger partial charge in [-0.1, -0.05) is 18.2 Å². The molecule has 0 radical (unpaired) electrons. The fourth-order valence-electron chi connectivity index (χ4n) is 3.18. The molecule has 1 N–H and O–H groups in total. The molecule has 7 nitrogen and oxygen atoms in total. The van der Waals surface area contributed by atoms with E-state index in [1.165, 1.54) is 6.33 Å². The summed E-state index contributed by atoms with van der Waals surface area (Å²) in [5.41, 5.74) is 3.71. The molecule has 0 saturated carbocycles. The Morgan fingerprint density at radius 1 is 1.23 bits per heavy atom. The molecule has 0 aliphatic carbocycles. The standard InChI is InChI=1S/C19H16N6O/c20-7-13-3-1-2-4-14(13)10-25-6-5-17-16(11-25)19(26)24-18(23-17)15-8-21-12-22-9-15/h1-4,8-9,12H,5-6,10-11H2,(H,23,24,26). The summed E-state index contributed by atoms with van der Waals surface area (Å²) < 4.78 is 0. The van der Waals surface area contributed by atoms with Gasteiger partial charge in [-0.15, -0.1) is 0 Å². The fraction of sp³-hybridized carbons (Fsp3) is 0.211. The van der Waals surface area contributed by atoms with E-state index in [2.05, 4.69) is 30.9 Å². The van der Waals surface area contributed by atoms with Gasteiger partial charge in [0.1, 0.15) is 12.2 Å². The number of aromatic nitrogens is 4. The van der Waals surface area contributed by atoms with Crippen LogP contribution in [0.4, 0.5) is 0 Å². The summed E-state index contributed by atoms with van der Waals surface area (Å²) >= 11 is 0. The number of nitriles is 1. The first-order chi connectivity index (χ1) is 12.7. The zero-order chi connectivity index (χ0) is 17.9. The van der Waals surface area contributed by atoms with Crippen LogP contribution in [0.15, 0.2) is 47.8 Å². The molecule has 0 atom stereocenters. The third-order valence-corrected chi connectivity index (χ3v) is 4.51. The van der Waals surface area contributed by atoms with Crippen LogP contribution in [-0.4, -0.2) is 31.4 Å². The van der Waals surface area contributed by atoms with Crippen molar-refractivity contribution in [3.05, 3.63) is 75.7 Å². The smallest absolute Gasteiger partial charge is 0.255 e. The highest BCUT2D eigenvalue weighted by atomic mass is 16.1. The van der Waals surface area contributed by atoms with Gasteiger partial charge < -0.3 is 4.98 Å². The number of rotatable bonds is 3. The Hall–Kier alpha value is -3.37. The SMILES string of the molecule is N#Cc1ccccc1CN1CCc2nc(-c3cncnc3)[nH]c(=O)c2C1. The van der Waals surface area contributed by atoms with Crippen molar-refractivity contribution in [3.63, 3.8) is 0 Å². The molecular formula is C19H16N6O. The van der Waals surface area contributed by atoms with E-state index in [1.54, 1.807) is 12.4 Å². The lowest BCUT2D eigenvalue weighted by Gasteiger charge is -2.28. The summed E-state index contributed by atoms with van der Waals surface area (Å²) in [6.45, 7) is 1.94. The molecule has 0 saturated heterocycles. The second kappa shape index (κ2) is 6.86. The van der Waals surface area contributed by atoms with Gasteiger partial charge in [0.15, 0.2) is 0 Å². The van der Waals surface area contributed by atoms with Gasteiger partial charge in [0, 0.05) is 38.4 Å². The van der Waals surface area contributed by atoms with Crippen LogP contribution in [0.25, 0.3) is 11.4 Å². The average Bonchev–Trinajstić information content (AvgIpc) is 2.69. The van der Waals surface area contributed by atoms with Crippen molar-refractivity contribution in [1.29, 1.82) is 5.26 Å². The lowest BCUT2D eigenvalue weighted by molar-refractivity contribution is 0.241. The summed E-state index contributed by atoms with van der Waals surface area (Å²) in [6.07, 6.45) is 5.39. The van der Waals surface area contributed by atoms with Gasteiger partial charge in [0.05, 0.1) is 28.5 Å². The van der Waals surface area contributed by atoms with Crippen molar-refractivity contribution >= 4 is 0 Å². The normalized spacial score (nSPS) is 13.8. The molecule has 26 heavy (non-hydrogen) atoms. The predicted octanol–water partition coefficient (Wildman–Crippen LogP) is 1.66. The molecule has 0 spiro atoms. The quantitative estimate of drug-likeness (QED) is 0.776. The van der Waals surface area contributed by atoms with Crippen molar-refractivity contribution in [2.45, 2.75) is 19.5 Å². The molecule has 7 heteroatoms. The number of benzene rings is 1. The Labute approximate surface area is 150 Å². The van der Waals surface area contributed by atoms with Crippen LogP contribution in [0.2, 0.25) is 0 Å². The van der Waals surface area contributed by atoms with Crippen LogP contribution in [-0.2, 0) is 19.5 Å². The number of H-pyrrole nitrogens is 1. The minimum absolute atomic E-state index is 0.132. The molecule has 0 fully saturated rings. The second-order valence-corrected chi connectivity index (χ2v) is 6.20. The van der Waals surface area contributed by atoms with Crippen molar-refractivity contribution in [2.24, 2.45) is 0 Å². The molecule has 1 aliphatic heterocycles. The van der Waals surface area contributed by atoms with E-state index in [-0.39, 0.29) is 5.56 Å². The summed E-state index contributed by atoms with van der Waals surface area (Å²) in [7, 11) is 0. The van der Waals surface area contributed by atoms with Crippen LogP contribution in [0.1, 0.15) is 22.4 Å². The Balaban J connectivity index is 1.60. The van der Waals surface area contributed by atoms with Crippen molar-refractivity contribution < 1.29 is 0 Å². The first-order valence-electron chi connectivity index (χ1n) is 8.32. The van der Waals surface area contributed by atoms with E-state index in [4.69, 9.17) is 0 Å². The predicted molar refractivity (Wildman–Crippen MR) is 94.9 cm³/mol. The monoisotopic (exact) mass is 344 g/mol. The maximum absolute atomic E-state index is 12.6. The van der Waals surface area contributed by atoms with Gasteiger partial charge in [-0.25, -0.2) is 15.0 Å². The van der Waals surface area contributed by atoms with Crippen molar-refractivity contribution in [3.8, 4) is 17.5 Å². The largest absolute Gasteiger partial charge is 0.306 e. The Morgan fingerprint density at radius 3 is 2.85 bits per heavy atom. The number of fused-ring (bicyclic) bond motifs is 1. The Kier molecular flexibility index (Phi) is 4.25. The third-order valence-electron chi connectivity index (χ3n) is 4.51. The molecule has 0 amide bonds. The van der Waals surface area contributed by atoms with Crippen molar-refractivity contribution in [2.75, 3.05) is 6.54 Å². The van der Waals surface area contributed by atoms with Gasteiger partial charge in [0.25, 0.3) is 5.56 Å². The molecule has 0 unspecified atom stereocenters. The van der Waals surface area contributed by atoms with Crippen molar-refractivity contribution in [1.82, 2.24) is 24.8 Å². The lowest BCUT2D eigenvalue weighted by Crippen LogP contribution is -2.35. The number of nitrogens with one attached hydrogen (secondary N) is 1. The summed E-state index contributed by atoms with van der Waals surface area (Å²) in [5.74, 6) is 0.498. The first kappa shape index (κ1) is 16.1. The third kappa shape index (κ3) is 3.10. The zero-order valence-corrected chi connectivity index (χ0v) is 14.0. The minimum Gasteiger partial charge on any atom is -0.306 e. The highest BCUT2D eigenvalue weighted by Gasteiger charge is 2.22. The molecule has 0 bridgehead atoms. The van der Waals surface area contributed by atoms with Crippen LogP contribution < -0.4 is 5.56 Å². The van der Waals surface area contributed by atoms with E-state index in [9.17, 15) is 10.1 Å². The maximum atomic E-state index is 12.6. The van der Waals surface area contributed by atoms with Gasteiger partial charge in [0.2, 0.25) is 0 Å². The van der Waals surface area contributed by atoms with E-state index in [0.717, 1.165) is 17.8 Å². The van der Waals surface area contributed by atoms with Crippen LogP contribution in [0.3, 0.4) is 0 Å². The maximum Gasteiger partial charge on any atom is 0.255 e.